The van der Waals surface area contributed by atoms with Crippen LogP contribution in [0.2, 0.25) is 0 Å². The molecule has 0 fully saturated rings. The van der Waals surface area contributed by atoms with E-state index in [-0.39, 0.29) is 12.0 Å². The van der Waals surface area contributed by atoms with Gasteiger partial charge < -0.3 is 14.3 Å². The number of pyridine rings is 1. The number of rotatable bonds is 5. The van der Waals surface area contributed by atoms with E-state index in [1.165, 1.54) is 23.9 Å². The van der Waals surface area contributed by atoms with Crippen LogP contribution in [-0.2, 0) is 14.4 Å². The van der Waals surface area contributed by atoms with Crippen molar-refractivity contribution in [2.24, 2.45) is 5.16 Å². The Hall–Kier alpha value is -1.83. The van der Waals surface area contributed by atoms with E-state index in [0.717, 1.165) is 18.6 Å². The summed E-state index contributed by atoms with van der Waals surface area (Å²) in [5.41, 5.74) is -0.264. The van der Waals surface area contributed by atoms with Gasteiger partial charge in [-0.15, -0.1) is 0 Å². The molecule has 1 aliphatic heterocycles. The lowest BCUT2D eigenvalue weighted by molar-refractivity contribution is -0.159. The topological polar surface area (TPSA) is 79.1 Å². The van der Waals surface area contributed by atoms with Crippen LogP contribution in [0.1, 0.15) is 46.1 Å². The fraction of sp³-hybridized carbons (Fsp3) is 0.588. The van der Waals surface area contributed by atoms with E-state index >= 15 is 0 Å². The predicted octanol–water partition coefficient (Wildman–Crippen LogP) is 3.06. The van der Waals surface area contributed by atoms with E-state index in [1.807, 2.05) is 0 Å². The number of esters is 1. The summed E-state index contributed by atoms with van der Waals surface area (Å²) in [6.45, 7) is 5.92. The number of hydrogen-bond acceptors (Lipinski definition) is 6. The number of ether oxygens (including phenoxy) is 2. The summed E-state index contributed by atoms with van der Waals surface area (Å²) in [6, 6.07) is 0.532. The van der Waals surface area contributed by atoms with Gasteiger partial charge >= 0.3 is 5.97 Å². The number of hydrogen-bond donors (Lipinski definition) is 0. The first-order valence-corrected chi connectivity index (χ1v) is 8.87. The van der Waals surface area contributed by atoms with Crippen LogP contribution in [0.15, 0.2) is 26.7 Å². The Morgan fingerprint density at radius 2 is 2.20 bits per heavy atom. The summed E-state index contributed by atoms with van der Waals surface area (Å²) < 4.78 is 12.6. The fourth-order valence-corrected chi connectivity index (χ4v) is 2.91. The molecule has 0 bridgehead atoms. The zero-order valence-electron chi connectivity index (χ0n) is 14.9. The summed E-state index contributed by atoms with van der Waals surface area (Å²) in [6.07, 6.45) is 3.31. The van der Waals surface area contributed by atoms with E-state index in [0.29, 0.717) is 16.8 Å². The summed E-state index contributed by atoms with van der Waals surface area (Å²) in [5, 5.41) is 4.02. The number of carbonyl (C=O) groups excluding carboxylic acids is 1. The van der Waals surface area contributed by atoms with Crippen molar-refractivity contribution in [3.63, 3.8) is 0 Å². The van der Waals surface area contributed by atoms with Crippen LogP contribution < -0.4 is 10.3 Å². The quantitative estimate of drug-likeness (QED) is 0.691. The van der Waals surface area contributed by atoms with E-state index in [9.17, 15) is 9.59 Å². The molecule has 25 heavy (non-hydrogen) atoms. The second kappa shape index (κ2) is 8.03. The minimum atomic E-state index is -0.839. The molecule has 138 valence electrons. The highest BCUT2D eigenvalue weighted by atomic mass is 79.9. The SMILES string of the molecule is COc1cn(C(CC2=NOCCC2)C(=O)OC(C)(C)C)c(=O)cc1Br. The van der Waals surface area contributed by atoms with Gasteiger partial charge in [0.25, 0.3) is 5.56 Å². The van der Waals surface area contributed by atoms with Gasteiger partial charge in [0.1, 0.15) is 24.0 Å². The van der Waals surface area contributed by atoms with Crippen LogP contribution in [0, 0.1) is 0 Å². The highest BCUT2D eigenvalue weighted by Crippen LogP contribution is 2.26. The third-order valence-electron chi connectivity index (χ3n) is 3.55. The summed E-state index contributed by atoms with van der Waals surface area (Å²) >= 11 is 3.28. The number of aromatic nitrogens is 1. The molecule has 1 aliphatic rings. The molecule has 7 nitrogen and oxygen atoms in total. The smallest absolute Gasteiger partial charge is 0.330 e. The molecule has 1 aromatic heterocycles. The van der Waals surface area contributed by atoms with Gasteiger partial charge in [-0.2, -0.15) is 0 Å². The Balaban J connectivity index is 2.41. The van der Waals surface area contributed by atoms with Crippen LogP contribution in [0.4, 0.5) is 0 Å². The van der Waals surface area contributed by atoms with E-state index in [2.05, 4.69) is 21.1 Å². The highest BCUT2D eigenvalue weighted by molar-refractivity contribution is 9.10. The maximum atomic E-state index is 12.7. The molecule has 0 saturated heterocycles. The van der Waals surface area contributed by atoms with Crippen LogP contribution >= 0.6 is 15.9 Å². The molecule has 0 spiro atoms. The van der Waals surface area contributed by atoms with Crippen molar-refractivity contribution in [3.05, 3.63) is 27.1 Å². The molecular formula is C17H23BrN2O5. The van der Waals surface area contributed by atoms with Gasteiger partial charge in [0.05, 0.1) is 23.5 Å². The van der Waals surface area contributed by atoms with Crippen molar-refractivity contribution in [3.8, 4) is 5.75 Å². The molecule has 2 rings (SSSR count). The maximum Gasteiger partial charge on any atom is 0.330 e. The maximum absolute atomic E-state index is 12.7. The third-order valence-corrected chi connectivity index (χ3v) is 4.17. The number of oxime groups is 1. The van der Waals surface area contributed by atoms with Crippen molar-refractivity contribution < 1.29 is 19.1 Å². The van der Waals surface area contributed by atoms with Crippen molar-refractivity contribution >= 4 is 27.6 Å². The molecule has 0 amide bonds. The second-order valence-corrected chi connectivity index (χ2v) is 7.64. The fourth-order valence-electron chi connectivity index (χ4n) is 2.45. The van der Waals surface area contributed by atoms with Gasteiger partial charge in [0, 0.05) is 12.5 Å². The van der Waals surface area contributed by atoms with Crippen LogP contribution in [0.25, 0.3) is 0 Å². The monoisotopic (exact) mass is 414 g/mol. The first-order chi connectivity index (χ1) is 11.7. The lowest BCUT2D eigenvalue weighted by atomic mass is 10.0. The molecular weight excluding hydrogens is 392 g/mol. The normalized spacial score (nSPS) is 15.8. The molecule has 0 saturated carbocycles. The van der Waals surface area contributed by atoms with Crippen LogP contribution in [0.3, 0.4) is 0 Å². The lowest BCUT2D eigenvalue weighted by Gasteiger charge is -2.26. The molecule has 1 unspecified atom stereocenters. The minimum absolute atomic E-state index is 0.250. The van der Waals surface area contributed by atoms with Gasteiger partial charge in [0.2, 0.25) is 0 Å². The average molecular weight is 415 g/mol. The summed E-state index contributed by atoms with van der Waals surface area (Å²) in [4.78, 5) is 30.3. The van der Waals surface area contributed by atoms with Gasteiger partial charge in [-0.3, -0.25) is 9.36 Å². The molecule has 2 heterocycles. The first kappa shape index (κ1) is 19.5. The number of halogens is 1. The van der Waals surface area contributed by atoms with Crippen molar-refractivity contribution in [1.82, 2.24) is 4.57 Å². The van der Waals surface area contributed by atoms with Crippen LogP contribution in [0.5, 0.6) is 5.75 Å². The number of methoxy groups -OCH3 is 1. The van der Waals surface area contributed by atoms with Crippen molar-refractivity contribution in [2.45, 2.75) is 51.7 Å². The van der Waals surface area contributed by atoms with Crippen LogP contribution in [-0.4, -0.2) is 35.6 Å². The lowest BCUT2D eigenvalue weighted by Crippen LogP contribution is -2.36. The zero-order valence-corrected chi connectivity index (χ0v) is 16.5. The number of carbonyl (C=O) groups is 1. The third kappa shape index (κ3) is 5.32. The van der Waals surface area contributed by atoms with Gasteiger partial charge in [-0.05, 0) is 49.5 Å². The molecule has 0 aromatic carbocycles. The predicted molar refractivity (Wildman–Crippen MR) is 97.1 cm³/mol. The molecule has 1 atom stereocenters. The molecule has 1 aromatic rings. The number of nitrogens with zero attached hydrogens (tertiary/aromatic N) is 2. The Morgan fingerprint density at radius 1 is 1.48 bits per heavy atom. The molecule has 8 heteroatoms. The Kier molecular flexibility index (Phi) is 6.26. The summed E-state index contributed by atoms with van der Waals surface area (Å²) in [5.74, 6) is -0.0396. The van der Waals surface area contributed by atoms with Gasteiger partial charge in [-0.1, -0.05) is 5.16 Å². The van der Waals surface area contributed by atoms with E-state index in [1.54, 1.807) is 20.8 Å². The summed E-state index contributed by atoms with van der Waals surface area (Å²) in [7, 11) is 1.50. The average Bonchev–Trinajstić information content (AvgIpc) is 2.52. The molecule has 0 aliphatic carbocycles. The standard InChI is InChI=1S/C17H23BrN2O5/c1-17(2,3)25-16(22)13(8-11-6-5-7-24-19-11)20-10-14(23-4)12(18)9-15(20)21/h9-10,13H,5-8H2,1-4H3. The Morgan fingerprint density at radius 3 is 2.76 bits per heavy atom. The minimum Gasteiger partial charge on any atom is -0.494 e. The van der Waals surface area contributed by atoms with Gasteiger partial charge in [-0.25, -0.2) is 4.79 Å². The molecule has 0 N–H and O–H groups in total. The first-order valence-electron chi connectivity index (χ1n) is 8.07. The van der Waals surface area contributed by atoms with E-state index in [4.69, 9.17) is 14.3 Å². The second-order valence-electron chi connectivity index (χ2n) is 6.78. The largest absolute Gasteiger partial charge is 0.494 e. The van der Waals surface area contributed by atoms with E-state index < -0.39 is 17.6 Å². The Bertz CT molecular complexity index is 721. The van der Waals surface area contributed by atoms with Crippen molar-refractivity contribution in [1.29, 1.82) is 0 Å². The Labute approximate surface area is 155 Å². The highest BCUT2D eigenvalue weighted by Gasteiger charge is 2.30. The zero-order chi connectivity index (χ0) is 18.6. The van der Waals surface area contributed by atoms with Gasteiger partial charge in [0.15, 0.2) is 0 Å². The van der Waals surface area contributed by atoms with Crippen molar-refractivity contribution in [2.75, 3.05) is 13.7 Å². The molecule has 0 radical (unpaired) electrons.